The van der Waals surface area contributed by atoms with E-state index in [4.69, 9.17) is 14.5 Å². The van der Waals surface area contributed by atoms with E-state index in [1.165, 1.54) is 11.3 Å². The highest BCUT2D eigenvalue weighted by Crippen LogP contribution is 2.46. The molecule has 0 unspecified atom stereocenters. The molecule has 0 aliphatic carbocycles. The van der Waals surface area contributed by atoms with Gasteiger partial charge in [0.15, 0.2) is 5.13 Å². The number of thiazole rings is 1. The van der Waals surface area contributed by atoms with Gasteiger partial charge in [-0.05, 0) is 64.8 Å². The molecule has 6 nitrogen and oxygen atoms in total. The third-order valence-corrected chi connectivity index (χ3v) is 7.54. The Hall–Kier alpha value is -2.16. The summed E-state index contributed by atoms with van der Waals surface area (Å²) in [5.41, 5.74) is 2.23. The quantitative estimate of drug-likeness (QED) is 0.509. The summed E-state index contributed by atoms with van der Waals surface area (Å²) in [6.07, 6.45) is 0.759. The van der Waals surface area contributed by atoms with Gasteiger partial charge in [0.05, 0.1) is 29.5 Å². The highest BCUT2D eigenvalue weighted by atomic mass is 32.1. The molecule has 0 amide bonds. The van der Waals surface area contributed by atoms with E-state index >= 15 is 0 Å². The Bertz CT molecular complexity index is 1110. The Labute approximate surface area is 184 Å². The van der Waals surface area contributed by atoms with Crippen molar-refractivity contribution in [3.63, 3.8) is 0 Å². The van der Waals surface area contributed by atoms with Crippen LogP contribution in [0.3, 0.4) is 0 Å². The van der Waals surface area contributed by atoms with Crippen molar-refractivity contribution in [3.8, 4) is 5.75 Å². The Morgan fingerprint density at radius 2 is 2.03 bits per heavy atom. The second-order valence-electron chi connectivity index (χ2n) is 8.62. The Morgan fingerprint density at radius 3 is 2.73 bits per heavy atom. The zero-order valence-corrected chi connectivity index (χ0v) is 19.8. The standard InChI is InChI=1S/C22H27N3O3S2/c1-7-28-19(26)16-13-11-21(2,3)25-22(4,5)17(13)30-18(16)24-20-23-14-9-8-12(27-6)10-15(14)29-20/h8-10,25H,7,11H2,1-6H3,(H,23,24). The zero-order valence-electron chi connectivity index (χ0n) is 18.1. The highest BCUT2D eigenvalue weighted by Gasteiger charge is 2.42. The van der Waals surface area contributed by atoms with Gasteiger partial charge < -0.3 is 20.1 Å². The number of benzene rings is 1. The molecule has 3 aromatic rings. The van der Waals surface area contributed by atoms with E-state index in [1.807, 2.05) is 25.1 Å². The topological polar surface area (TPSA) is 72.5 Å². The third kappa shape index (κ3) is 3.79. The van der Waals surface area contributed by atoms with E-state index in [0.717, 1.165) is 43.0 Å². The molecular formula is C22H27N3O3S2. The van der Waals surface area contributed by atoms with E-state index in [1.54, 1.807) is 18.4 Å². The van der Waals surface area contributed by atoms with E-state index in [-0.39, 0.29) is 17.0 Å². The number of aromatic nitrogens is 1. The molecule has 3 heterocycles. The van der Waals surface area contributed by atoms with Crippen molar-refractivity contribution in [2.45, 2.75) is 52.1 Å². The normalized spacial score (nSPS) is 16.9. The predicted molar refractivity (Wildman–Crippen MR) is 124 cm³/mol. The van der Waals surface area contributed by atoms with E-state index in [2.05, 4.69) is 38.3 Å². The lowest BCUT2D eigenvalue weighted by molar-refractivity contribution is 0.0525. The summed E-state index contributed by atoms with van der Waals surface area (Å²) >= 11 is 3.14. The summed E-state index contributed by atoms with van der Waals surface area (Å²) in [7, 11) is 1.65. The Balaban J connectivity index is 1.80. The van der Waals surface area contributed by atoms with Crippen LogP contribution in [0.25, 0.3) is 10.2 Å². The molecule has 0 spiro atoms. The molecule has 0 saturated heterocycles. The fraction of sp³-hybridized carbons (Fsp3) is 0.455. The van der Waals surface area contributed by atoms with Crippen molar-refractivity contribution in [1.29, 1.82) is 0 Å². The van der Waals surface area contributed by atoms with Gasteiger partial charge in [-0.25, -0.2) is 9.78 Å². The number of nitrogens with one attached hydrogen (secondary N) is 2. The molecule has 0 atom stereocenters. The second kappa shape index (κ2) is 7.51. The number of thiophene rings is 1. The van der Waals surface area contributed by atoms with Crippen molar-refractivity contribution in [1.82, 2.24) is 10.3 Å². The van der Waals surface area contributed by atoms with Crippen molar-refractivity contribution < 1.29 is 14.3 Å². The fourth-order valence-corrected chi connectivity index (χ4v) is 6.44. The van der Waals surface area contributed by atoms with Crippen LogP contribution in [0.1, 0.15) is 55.4 Å². The molecule has 1 aromatic carbocycles. The Kier molecular flexibility index (Phi) is 5.28. The monoisotopic (exact) mass is 445 g/mol. The van der Waals surface area contributed by atoms with Gasteiger partial charge in [-0.3, -0.25) is 0 Å². The van der Waals surface area contributed by atoms with Gasteiger partial charge in [0.1, 0.15) is 10.8 Å². The number of esters is 1. The van der Waals surface area contributed by atoms with Crippen molar-refractivity contribution in [2.75, 3.05) is 19.0 Å². The van der Waals surface area contributed by atoms with Gasteiger partial charge in [-0.2, -0.15) is 0 Å². The number of hydrogen-bond donors (Lipinski definition) is 2. The van der Waals surface area contributed by atoms with Crippen LogP contribution < -0.4 is 15.4 Å². The van der Waals surface area contributed by atoms with Gasteiger partial charge in [-0.15, -0.1) is 11.3 Å². The maximum atomic E-state index is 13.0. The molecule has 2 N–H and O–H groups in total. The lowest BCUT2D eigenvalue weighted by Crippen LogP contribution is -2.55. The number of carbonyl (C=O) groups is 1. The molecule has 0 saturated carbocycles. The average Bonchev–Trinajstić information content (AvgIpc) is 3.20. The minimum atomic E-state index is -0.284. The number of anilines is 2. The summed E-state index contributed by atoms with van der Waals surface area (Å²) in [5, 5.41) is 8.65. The van der Waals surface area contributed by atoms with Crippen LogP contribution in [-0.4, -0.2) is 30.2 Å². The summed E-state index contributed by atoms with van der Waals surface area (Å²) in [6, 6.07) is 5.81. The highest BCUT2D eigenvalue weighted by molar-refractivity contribution is 7.23. The van der Waals surface area contributed by atoms with Gasteiger partial charge in [-0.1, -0.05) is 11.3 Å². The van der Waals surface area contributed by atoms with Crippen LogP contribution in [0.5, 0.6) is 5.75 Å². The first-order valence-corrected chi connectivity index (χ1v) is 11.6. The number of ether oxygens (including phenoxy) is 2. The number of carbonyl (C=O) groups excluding carboxylic acids is 1. The van der Waals surface area contributed by atoms with Crippen LogP contribution in [0.4, 0.5) is 10.1 Å². The molecule has 0 fully saturated rings. The molecule has 4 rings (SSSR count). The molecule has 1 aliphatic rings. The van der Waals surface area contributed by atoms with E-state index in [0.29, 0.717) is 12.2 Å². The molecular weight excluding hydrogens is 418 g/mol. The lowest BCUT2D eigenvalue weighted by atomic mass is 9.81. The minimum absolute atomic E-state index is 0.123. The van der Waals surface area contributed by atoms with E-state index < -0.39 is 0 Å². The smallest absolute Gasteiger partial charge is 0.341 e. The largest absolute Gasteiger partial charge is 0.497 e. The summed E-state index contributed by atoms with van der Waals surface area (Å²) < 4.78 is 11.8. The molecule has 0 bridgehead atoms. The first kappa shape index (κ1) is 21.1. The summed E-state index contributed by atoms with van der Waals surface area (Å²) in [4.78, 5) is 18.8. The van der Waals surface area contributed by atoms with Crippen LogP contribution >= 0.6 is 22.7 Å². The molecule has 0 radical (unpaired) electrons. The molecule has 30 heavy (non-hydrogen) atoms. The lowest BCUT2D eigenvalue weighted by Gasteiger charge is -2.42. The van der Waals surface area contributed by atoms with Crippen molar-refractivity contribution >= 4 is 49.0 Å². The number of nitrogens with zero attached hydrogens (tertiary/aromatic N) is 1. The third-order valence-electron chi connectivity index (χ3n) is 5.14. The Morgan fingerprint density at radius 1 is 1.27 bits per heavy atom. The van der Waals surface area contributed by atoms with Gasteiger partial charge in [0.25, 0.3) is 0 Å². The molecule has 160 valence electrons. The number of rotatable bonds is 5. The van der Waals surface area contributed by atoms with Gasteiger partial charge in [0, 0.05) is 16.0 Å². The minimum Gasteiger partial charge on any atom is -0.497 e. The van der Waals surface area contributed by atoms with Crippen LogP contribution in [0.15, 0.2) is 18.2 Å². The first-order valence-electron chi connectivity index (χ1n) is 9.98. The summed E-state index contributed by atoms with van der Waals surface area (Å²) in [6.45, 7) is 10.8. The van der Waals surface area contributed by atoms with Crippen molar-refractivity contribution in [2.24, 2.45) is 0 Å². The van der Waals surface area contributed by atoms with Gasteiger partial charge in [0.2, 0.25) is 0 Å². The number of fused-ring (bicyclic) bond motifs is 2. The SMILES string of the molecule is CCOC(=O)c1c(Nc2nc3ccc(OC)cc3s2)sc2c1CC(C)(C)NC2(C)C. The average molecular weight is 446 g/mol. The maximum Gasteiger partial charge on any atom is 0.341 e. The van der Waals surface area contributed by atoms with Crippen molar-refractivity contribution in [3.05, 3.63) is 34.2 Å². The van der Waals surface area contributed by atoms with Gasteiger partial charge >= 0.3 is 5.97 Å². The first-order chi connectivity index (χ1) is 14.1. The number of methoxy groups -OCH3 is 1. The number of hydrogen-bond acceptors (Lipinski definition) is 8. The van der Waals surface area contributed by atoms with E-state index in [9.17, 15) is 4.79 Å². The molecule has 1 aliphatic heterocycles. The summed E-state index contributed by atoms with van der Waals surface area (Å²) in [5.74, 6) is 0.514. The zero-order chi connectivity index (χ0) is 21.7. The second-order valence-corrected chi connectivity index (χ2v) is 10.7. The maximum absolute atomic E-state index is 13.0. The fourth-order valence-electron chi connectivity index (χ4n) is 4.22. The van der Waals surface area contributed by atoms with Crippen LogP contribution in [-0.2, 0) is 16.7 Å². The van der Waals surface area contributed by atoms with Crippen LogP contribution in [0, 0.1) is 0 Å². The van der Waals surface area contributed by atoms with Crippen LogP contribution in [0.2, 0.25) is 0 Å². The molecule has 2 aromatic heterocycles. The molecule has 8 heteroatoms. The predicted octanol–water partition coefficient (Wildman–Crippen LogP) is 5.45.